The number of epoxide rings is 1. The fourth-order valence-corrected chi connectivity index (χ4v) is 3.58. The number of ether oxygens (including phenoxy) is 3. The van der Waals surface area contributed by atoms with E-state index in [1.54, 1.807) is 0 Å². The Morgan fingerprint density at radius 3 is 2.91 bits per heavy atom. The van der Waals surface area contributed by atoms with Crippen molar-refractivity contribution in [1.82, 2.24) is 0 Å². The van der Waals surface area contributed by atoms with Gasteiger partial charge in [0.2, 0.25) is 0 Å². The first-order valence-electron chi connectivity index (χ1n) is 7.72. The molecule has 2 heterocycles. The van der Waals surface area contributed by atoms with Crippen molar-refractivity contribution in [2.75, 3.05) is 0 Å². The fourth-order valence-electron chi connectivity index (χ4n) is 3.58. The number of fused-ring (bicyclic) bond motifs is 2. The molecular weight excluding hydrogens is 284 g/mol. The standard InChI is InChI=1S/C17H22O5/c1-9-5-6-14-17(4,22-14)8-13-15(10(2)16(19)21-13)12(7-9)20-11(3)18/h7,12-15H,2,5-6,8H2,1,3-4H3/b9-7+/t12-,13+,14-,15+,17+/m1/s1. The topological polar surface area (TPSA) is 65.1 Å². The Balaban J connectivity index is 1.95. The van der Waals surface area contributed by atoms with Crippen LogP contribution in [0.15, 0.2) is 23.8 Å². The van der Waals surface area contributed by atoms with Crippen molar-refractivity contribution in [2.24, 2.45) is 5.92 Å². The molecule has 0 bridgehead atoms. The zero-order valence-electron chi connectivity index (χ0n) is 13.3. The number of allylic oxidation sites excluding steroid dienone is 1. The fraction of sp³-hybridized carbons (Fsp3) is 0.647. The van der Waals surface area contributed by atoms with Crippen molar-refractivity contribution >= 4 is 11.9 Å². The van der Waals surface area contributed by atoms with E-state index in [0.29, 0.717) is 12.0 Å². The average molecular weight is 306 g/mol. The van der Waals surface area contributed by atoms with E-state index < -0.39 is 12.1 Å². The van der Waals surface area contributed by atoms with Crippen molar-refractivity contribution < 1.29 is 23.8 Å². The Kier molecular flexibility index (Phi) is 3.63. The van der Waals surface area contributed by atoms with E-state index in [4.69, 9.17) is 14.2 Å². The maximum Gasteiger partial charge on any atom is 0.334 e. The summed E-state index contributed by atoms with van der Waals surface area (Å²) in [5.74, 6) is -1.12. The Morgan fingerprint density at radius 1 is 1.50 bits per heavy atom. The molecule has 2 aliphatic heterocycles. The van der Waals surface area contributed by atoms with Crippen LogP contribution in [-0.4, -0.2) is 35.9 Å². The lowest BCUT2D eigenvalue weighted by Gasteiger charge is -2.27. The monoisotopic (exact) mass is 306 g/mol. The van der Waals surface area contributed by atoms with Crippen molar-refractivity contribution in [3.63, 3.8) is 0 Å². The number of carbonyl (C=O) groups excluding carboxylic acids is 2. The van der Waals surface area contributed by atoms with Crippen molar-refractivity contribution in [1.29, 1.82) is 0 Å². The molecule has 0 amide bonds. The predicted molar refractivity (Wildman–Crippen MR) is 79.0 cm³/mol. The quantitative estimate of drug-likeness (QED) is 0.322. The summed E-state index contributed by atoms with van der Waals surface area (Å²) in [6.45, 7) is 9.28. The zero-order chi connectivity index (χ0) is 16.1. The van der Waals surface area contributed by atoms with Gasteiger partial charge in [0.1, 0.15) is 12.2 Å². The highest BCUT2D eigenvalue weighted by molar-refractivity contribution is 5.91. The minimum atomic E-state index is -0.514. The van der Waals surface area contributed by atoms with Crippen molar-refractivity contribution in [3.8, 4) is 0 Å². The summed E-state index contributed by atoms with van der Waals surface area (Å²) in [5, 5.41) is 0. The minimum absolute atomic E-state index is 0.203. The van der Waals surface area contributed by atoms with Crippen LogP contribution in [-0.2, 0) is 23.8 Å². The second-order valence-corrected chi connectivity index (χ2v) is 6.74. The number of carbonyl (C=O) groups is 2. The maximum absolute atomic E-state index is 12.0. The molecule has 2 saturated heterocycles. The highest BCUT2D eigenvalue weighted by Gasteiger charge is 2.57. The third kappa shape index (κ3) is 2.70. The van der Waals surface area contributed by atoms with Gasteiger partial charge in [-0.3, -0.25) is 4.79 Å². The summed E-state index contributed by atoms with van der Waals surface area (Å²) in [4.78, 5) is 23.4. The van der Waals surface area contributed by atoms with Crippen LogP contribution in [0.2, 0.25) is 0 Å². The Hall–Kier alpha value is -1.62. The van der Waals surface area contributed by atoms with E-state index in [1.165, 1.54) is 6.92 Å². The summed E-state index contributed by atoms with van der Waals surface area (Å²) in [7, 11) is 0. The third-order valence-electron chi connectivity index (χ3n) is 4.87. The molecule has 5 nitrogen and oxygen atoms in total. The van der Waals surface area contributed by atoms with E-state index in [0.717, 1.165) is 18.4 Å². The summed E-state index contributed by atoms with van der Waals surface area (Å²) >= 11 is 0. The molecule has 22 heavy (non-hydrogen) atoms. The summed E-state index contributed by atoms with van der Waals surface area (Å²) < 4.78 is 16.8. The molecule has 0 radical (unpaired) electrons. The van der Waals surface area contributed by atoms with Crippen LogP contribution in [0.4, 0.5) is 0 Å². The van der Waals surface area contributed by atoms with Crippen molar-refractivity contribution in [2.45, 2.75) is 63.9 Å². The first-order valence-corrected chi connectivity index (χ1v) is 7.72. The van der Waals surface area contributed by atoms with Crippen LogP contribution in [0.25, 0.3) is 0 Å². The number of hydrogen-bond acceptors (Lipinski definition) is 5. The third-order valence-corrected chi connectivity index (χ3v) is 4.87. The van der Waals surface area contributed by atoms with Gasteiger partial charge in [-0.05, 0) is 32.8 Å². The first-order chi connectivity index (χ1) is 10.3. The summed E-state index contributed by atoms with van der Waals surface area (Å²) in [6, 6.07) is 0. The second kappa shape index (κ2) is 5.23. The Morgan fingerprint density at radius 2 is 2.23 bits per heavy atom. The molecule has 120 valence electrons. The molecule has 0 aromatic carbocycles. The summed E-state index contributed by atoms with van der Waals surface area (Å²) in [5.41, 5.74) is 1.24. The van der Waals surface area contributed by atoms with Gasteiger partial charge in [0.25, 0.3) is 0 Å². The molecule has 3 aliphatic rings. The normalized spacial score (nSPS) is 43.3. The molecule has 0 unspecified atom stereocenters. The molecular formula is C17H22O5. The van der Waals surface area contributed by atoms with Crippen molar-refractivity contribution in [3.05, 3.63) is 23.8 Å². The smallest absolute Gasteiger partial charge is 0.334 e. The minimum Gasteiger partial charge on any atom is -0.458 e. The molecule has 0 aromatic heterocycles. The van der Waals surface area contributed by atoms with Gasteiger partial charge in [-0.15, -0.1) is 0 Å². The molecule has 2 fully saturated rings. The zero-order valence-corrected chi connectivity index (χ0v) is 13.3. The molecule has 5 atom stereocenters. The van der Waals surface area contributed by atoms with Gasteiger partial charge >= 0.3 is 11.9 Å². The second-order valence-electron chi connectivity index (χ2n) is 6.74. The van der Waals surface area contributed by atoms with Crippen LogP contribution < -0.4 is 0 Å². The predicted octanol–water partition coefficient (Wildman–Crippen LogP) is 2.30. The lowest BCUT2D eigenvalue weighted by Crippen LogP contribution is -2.35. The highest BCUT2D eigenvalue weighted by atomic mass is 16.6. The van der Waals surface area contributed by atoms with Gasteiger partial charge in [0.15, 0.2) is 0 Å². The van der Waals surface area contributed by atoms with E-state index in [-0.39, 0.29) is 29.7 Å². The van der Waals surface area contributed by atoms with E-state index in [1.807, 2.05) is 19.9 Å². The maximum atomic E-state index is 12.0. The highest BCUT2D eigenvalue weighted by Crippen LogP contribution is 2.48. The Labute approximate surface area is 130 Å². The SMILES string of the molecule is C=C1C(=O)O[C@H]2C[C@]3(C)O[C@@H]3CC/C(C)=C/[C@@H](OC(C)=O)[C@H]12. The van der Waals surface area contributed by atoms with Crippen LogP contribution >= 0.6 is 0 Å². The Bertz CT molecular complexity index is 563. The number of esters is 2. The van der Waals surface area contributed by atoms with Gasteiger partial charge in [-0.1, -0.05) is 12.2 Å². The van der Waals surface area contributed by atoms with Gasteiger partial charge in [-0.2, -0.15) is 0 Å². The van der Waals surface area contributed by atoms with E-state index in [2.05, 4.69) is 6.58 Å². The van der Waals surface area contributed by atoms with Gasteiger partial charge < -0.3 is 14.2 Å². The lowest BCUT2D eigenvalue weighted by atomic mass is 9.83. The number of rotatable bonds is 1. The molecule has 0 spiro atoms. The lowest BCUT2D eigenvalue weighted by molar-refractivity contribution is -0.147. The van der Waals surface area contributed by atoms with Crippen LogP contribution in [0.5, 0.6) is 0 Å². The molecule has 0 N–H and O–H groups in total. The first kappa shape index (κ1) is 15.3. The molecule has 0 aromatic rings. The van der Waals surface area contributed by atoms with Crippen LogP contribution in [0.1, 0.15) is 40.0 Å². The number of hydrogen-bond donors (Lipinski definition) is 0. The van der Waals surface area contributed by atoms with Crippen LogP contribution in [0, 0.1) is 5.92 Å². The van der Waals surface area contributed by atoms with E-state index >= 15 is 0 Å². The largest absolute Gasteiger partial charge is 0.458 e. The van der Waals surface area contributed by atoms with Gasteiger partial charge in [0.05, 0.1) is 17.6 Å². The average Bonchev–Trinajstić information content (AvgIpc) is 2.96. The molecule has 0 saturated carbocycles. The van der Waals surface area contributed by atoms with E-state index in [9.17, 15) is 9.59 Å². The molecule has 1 aliphatic carbocycles. The summed E-state index contributed by atoms with van der Waals surface area (Å²) in [6.07, 6.45) is 3.68. The van der Waals surface area contributed by atoms with Crippen LogP contribution in [0.3, 0.4) is 0 Å². The van der Waals surface area contributed by atoms with Gasteiger partial charge in [-0.25, -0.2) is 4.79 Å². The molecule has 3 rings (SSSR count). The van der Waals surface area contributed by atoms with Gasteiger partial charge in [0, 0.05) is 18.9 Å². The molecule has 5 heteroatoms.